The summed E-state index contributed by atoms with van der Waals surface area (Å²) in [5.74, 6) is -0.426. The van der Waals surface area contributed by atoms with Crippen LogP contribution in [0.5, 0.6) is 0 Å². The van der Waals surface area contributed by atoms with Crippen molar-refractivity contribution >= 4 is 21.6 Å². The molecule has 0 radical (unpaired) electrons. The molecule has 1 heterocycles. The molecule has 3 N–H and O–H groups in total. The number of primary sulfonamides is 1. The number of benzene rings is 1. The van der Waals surface area contributed by atoms with Gasteiger partial charge >= 0.3 is 0 Å². The smallest absolute Gasteiger partial charge is 0.275 e. The highest BCUT2D eigenvalue weighted by molar-refractivity contribution is 7.89. The predicted molar refractivity (Wildman–Crippen MR) is 72.5 cm³/mol. The summed E-state index contributed by atoms with van der Waals surface area (Å²) in [6.07, 6.45) is 4.21. The fourth-order valence-electron chi connectivity index (χ4n) is 1.56. The molecule has 2 aromatic rings. The van der Waals surface area contributed by atoms with Crippen LogP contribution < -0.4 is 10.5 Å². The molecule has 0 atom stereocenters. The number of nitrogens with zero attached hydrogens (tertiary/aromatic N) is 2. The third-order valence-corrected chi connectivity index (χ3v) is 3.48. The van der Waals surface area contributed by atoms with Crippen molar-refractivity contribution in [3.05, 3.63) is 48.0 Å². The molecule has 0 spiro atoms. The first-order valence-corrected chi connectivity index (χ1v) is 7.13. The highest BCUT2D eigenvalue weighted by Crippen LogP contribution is 2.19. The Balaban J connectivity index is 2.25. The Labute approximate surface area is 115 Å². The highest BCUT2D eigenvalue weighted by atomic mass is 32.2. The van der Waals surface area contributed by atoms with Crippen molar-refractivity contribution in [2.45, 2.75) is 11.8 Å². The first-order valence-electron chi connectivity index (χ1n) is 5.59. The molecule has 0 fully saturated rings. The van der Waals surface area contributed by atoms with Crippen LogP contribution in [0.25, 0.3) is 0 Å². The lowest BCUT2D eigenvalue weighted by molar-refractivity contribution is 0.102. The topological polar surface area (TPSA) is 115 Å². The number of nitrogens with one attached hydrogen (secondary N) is 1. The lowest BCUT2D eigenvalue weighted by Gasteiger charge is -2.09. The van der Waals surface area contributed by atoms with E-state index in [2.05, 4.69) is 15.3 Å². The molecule has 8 heteroatoms. The van der Waals surface area contributed by atoms with Crippen molar-refractivity contribution < 1.29 is 13.2 Å². The highest BCUT2D eigenvalue weighted by Gasteiger charge is 2.12. The summed E-state index contributed by atoms with van der Waals surface area (Å²) in [6, 6.07) is 4.19. The zero-order valence-electron chi connectivity index (χ0n) is 10.6. The summed E-state index contributed by atoms with van der Waals surface area (Å²) in [7, 11) is -3.76. The molecular weight excluding hydrogens is 280 g/mol. The van der Waals surface area contributed by atoms with Gasteiger partial charge in [-0.3, -0.25) is 9.78 Å². The number of nitrogens with two attached hydrogens (primary N) is 1. The van der Waals surface area contributed by atoms with E-state index in [0.717, 1.165) is 0 Å². The number of hydrogen-bond donors (Lipinski definition) is 2. The second kappa shape index (κ2) is 5.35. The van der Waals surface area contributed by atoms with E-state index in [1.165, 1.54) is 36.8 Å². The molecule has 0 saturated carbocycles. The monoisotopic (exact) mass is 292 g/mol. The summed E-state index contributed by atoms with van der Waals surface area (Å²) in [5, 5.41) is 7.66. The number of sulfonamides is 1. The molecule has 1 aromatic carbocycles. The molecule has 0 aliphatic carbocycles. The molecule has 20 heavy (non-hydrogen) atoms. The van der Waals surface area contributed by atoms with Crippen molar-refractivity contribution in [2.24, 2.45) is 5.14 Å². The third-order valence-electron chi connectivity index (χ3n) is 2.57. The van der Waals surface area contributed by atoms with E-state index in [0.29, 0.717) is 11.3 Å². The van der Waals surface area contributed by atoms with Crippen LogP contribution in [-0.4, -0.2) is 24.3 Å². The van der Waals surface area contributed by atoms with Gasteiger partial charge in [-0.2, -0.15) is 0 Å². The summed E-state index contributed by atoms with van der Waals surface area (Å²) in [4.78, 5) is 19.6. The number of carbonyl (C=O) groups is 1. The summed E-state index contributed by atoms with van der Waals surface area (Å²) in [5.41, 5.74) is 1.23. The number of anilines is 1. The molecule has 1 aromatic heterocycles. The van der Waals surface area contributed by atoms with Crippen molar-refractivity contribution in [3.63, 3.8) is 0 Å². The Morgan fingerprint density at radius 2 is 2.05 bits per heavy atom. The van der Waals surface area contributed by atoms with Crippen LogP contribution in [0, 0.1) is 6.92 Å². The number of carbonyl (C=O) groups excluding carboxylic acids is 1. The molecule has 0 saturated heterocycles. The minimum absolute atomic E-state index is 0.00694. The molecular formula is C12H12N4O3S. The molecule has 0 bridgehead atoms. The standard InChI is InChI=1S/C12H12N4O3S/c1-8-6-9(20(13,18)19)2-3-10(8)16-12(17)11-7-14-4-5-15-11/h2-7H,1H3,(H,16,17)(H2,13,18,19). The average molecular weight is 292 g/mol. The molecule has 104 valence electrons. The first-order chi connectivity index (χ1) is 9.38. The maximum Gasteiger partial charge on any atom is 0.275 e. The Morgan fingerprint density at radius 3 is 2.60 bits per heavy atom. The third kappa shape index (κ3) is 3.16. The van der Waals surface area contributed by atoms with E-state index in [1.807, 2.05) is 0 Å². The Hall–Kier alpha value is -2.32. The van der Waals surface area contributed by atoms with Crippen molar-refractivity contribution in [2.75, 3.05) is 5.32 Å². The second-order valence-corrected chi connectivity index (χ2v) is 5.63. The van der Waals surface area contributed by atoms with Crippen molar-refractivity contribution in [1.82, 2.24) is 9.97 Å². The lowest BCUT2D eigenvalue weighted by Crippen LogP contribution is -2.16. The van der Waals surface area contributed by atoms with E-state index in [9.17, 15) is 13.2 Å². The van der Waals surface area contributed by atoms with Crippen LogP contribution in [0.15, 0.2) is 41.7 Å². The van der Waals surface area contributed by atoms with Crippen molar-refractivity contribution in [1.29, 1.82) is 0 Å². The van der Waals surface area contributed by atoms with Gasteiger partial charge in [0.2, 0.25) is 10.0 Å². The molecule has 0 aliphatic heterocycles. The number of amides is 1. The van der Waals surface area contributed by atoms with Gasteiger partial charge in [-0.25, -0.2) is 18.5 Å². The minimum atomic E-state index is -3.76. The summed E-state index contributed by atoms with van der Waals surface area (Å²) < 4.78 is 22.4. The zero-order chi connectivity index (χ0) is 14.8. The first kappa shape index (κ1) is 14.1. The molecule has 1 amide bonds. The predicted octanol–water partition coefficient (Wildman–Crippen LogP) is 0.685. The van der Waals surface area contributed by atoms with Crippen LogP contribution in [0.3, 0.4) is 0 Å². The van der Waals surface area contributed by atoms with E-state index >= 15 is 0 Å². The zero-order valence-corrected chi connectivity index (χ0v) is 11.4. The van der Waals surface area contributed by atoms with Gasteiger partial charge in [0.05, 0.1) is 11.1 Å². The van der Waals surface area contributed by atoms with E-state index in [4.69, 9.17) is 5.14 Å². The Kier molecular flexibility index (Phi) is 3.77. The fraction of sp³-hybridized carbons (Fsp3) is 0.0833. The fourth-order valence-corrected chi connectivity index (χ4v) is 2.15. The van der Waals surface area contributed by atoms with Crippen molar-refractivity contribution in [3.8, 4) is 0 Å². The molecule has 7 nitrogen and oxygen atoms in total. The molecule has 2 rings (SSSR count). The van der Waals surface area contributed by atoms with Gasteiger partial charge in [0.15, 0.2) is 0 Å². The minimum Gasteiger partial charge on any atom is -0.320 e. The van der Waals surface area contributed by atoms with E-state index in [1.54, 1.807) is 6.92 Å². The van der Waals surface area contributed by atoms with Crippen LogP contribution in [-0.2, 0) is 10.0 Å². The van der Waals surface area contributed by atoms with E-state index in [-0.39, 0.29) is 10.6 Å². The number of aryl methyl sites for hydroxylation is 1. The van der Waals surface area contributed by atoms with Crippen LogP contribution >= 0.6 is 0 Å². The maximum absolute atomic E-state index is 11.9. The molecule has 0 aliphatic rings. The largest absolute Gasteiger partial charge is 0.320 e. The van der Waals surface area contributed by atoms with Gasteiger partial charge in [0.25, 0.3) is 5.91 Å². The number of aromatic nitrogens is 2. The van der Waals surface area contributed by atoms with Crippen LogP contribution in [0.1, 0.15) is 16.1 Å². The normalized spacial score (nSPS) is 11.1. The number of rotatable bonds is 3. The Morgan fingerprint density at radius 1 is 1.30 bits per heavy atom. The van der Waals surface area contributed by atoms with Gasteiger partial charge in [-0.15, -0.1) is 0 Å². The van der Waals surface area contributed by atoms with E-state index < -0.39 is 15.9 Å². The van der Waals surface area contributed by atoms with Gasteiger partial charge in [-0.1, -0.05) is 0 Å². The Bertz CT molecular complexity index is 745. The lowest BCUT2D eigenvalue weighted by atomic mass is 10.2. The maximum atomic E-state index is 11.9. The van der Waals surface area contributed by atoms with Gasteiger partial charge in [0, 0.05) is 18.1 Å². The second-order valence-electron chi connectivity index (χ2n) is 4.07. The average Bonchev–Trinajstić information content (AvgIpc) is 2.41. The summed E-state index contributed by atoms with van der Waals surface area (Å²) in [6.45, 7) is 1.67. The van der Waals surface area contributed by atoms with Gasteiger partial charge < -0.3 is 5.32 Å². The quantitative estimate of drug-likeness (QED) is 0.863. The number of hydrogen-bond acceptors (Lipinski definition) is 5. The van der Waals surface area contributed by atoms with Gasteiger partial charge in [-0.05, 0) is 30.7 Å². The van der Waals surface area contributed by atoms with Crippen LogP contribution in [0.4, 0.5) is 5.69 Å². The van der Waals surface area contributed by atoms with Gasteiger partial charge in [0.1, 0.15) is 5.69 Å². The summed E-state index contributed by atoms with van der Waals surface area (Å²) >= 11 is 0. The van der Waals surface area contributed by atoms with Crippen LogP contribution in [0.2, 0.25) is 0 Å². The molecule has 0 unspecified atom stereocenters. The SMILES string of the molecule is Cc1cc(S(N)(=O)=O)ccc1NC(=O)c1cnccn1.